The van der Waals surface area contributed by atoms with Crippen molar-refractivity contribution in [2.24, 2.45) is 4.99 Å². The van der Waals surface area contributed by atoms with Gasteiger partial charge in [-0.05, 0) is 42.8 Å². The number of para-hydroxylation sites is 1. The minimum Gasteiger partial charge on any atom is -0.458 e. The first-order valence-electron chi connectivity index (χ1n) is 13.5. The first-order chi connectivity index (χ1) is 21.3. The van der Waals surface area contributed by atoms with Crippen molar-refractivity contribution in [3.8, 4) is 5.75 Å². The molecule has 11 heteroatoms. The molecule has 1 amide bonds. The highest BCUT2D eigenvalue weighted by molar-refractivity contribution is 7.07. The van der Waals surface area contributed by atoms with Gasteiger partial charge in [-0.25, -0.2) is 14.6 Å². The van der Waals surface area contributed by atoms with Gasteiger partial charge in [0.2, 0.25) is 5.76 Å². The van der Waals surface area contributed by atoms with Crippen LogP contribution >= 0.6 is 11.3 Å². The lowest BCUT2D eigenvalue weighted by atomic mass is 9.96. The molecule has 1 atom stereocenters. The first kappa shape index (κ1) is 28.6. The van der Waals surface area contributed by atoms with Gasteiger partial charge < -0.3 is 18.8 Å². The maximum atomic E-state index is 14.3. The normalized spacial score (nSPS) is 16.6. The summed E-state index contributed by atoms with van der Waals surface area (Å²) in [5, 5.41) is 0. The zero-order valence-electron chi connectivity index (χ0n) is 23.5. The van der Waals surface area contributed by atoms with Crippen LogP contribution in [0.1, 0.15) is 34.6 Å². The van der Waals surface area contributed by atoms with Crippen molar-refractivity contribution in [3.63, 3.8) is 0 Å². The van der Waals surface area contributed by atoms with Crippen LogP contribution in [0.2, 0.25) is 0 Å². The third-order valence-corrected chi connectivity index (χ3v) is 8.19. The molecular weight excluding hydrogens is 582 g/mol. The van der Waals surface area contributed by atoms with Gasteiger partial charge in [-0.1, -0.05) is 60.4 Å². The van der Waals surface area contributed by atoms with Crippen LogP contribution in [-0.4, -0.2) is 35.6 Å². The molecule has 0 bridgehead atoms. The number of nitrogens with zero attached hydrogens (tertiary/aromatic N) is 3. The fourth-order valence-electron chi connectivity index (χ4n) is 5.24. The smallest absolute Gasteiger partial charge is 0.379 e. The number of rotatable bonds is 8. The van der Waals surface area contributed by atoms with Gasteiger partial charge in [-0.15, -0.1) is 6.58 Å². The van der Waals surface area contributed by atoms with Gasteiger partial charge >= 0.3 is 11.9 Å². The molecule has 0 unspecified atom stereocenters. The van der Waals surface area contributed by atoms with E-state index in [1.807, 2.05) is 18.2 Å². The van der Waals surface area contributed by atoms with Crippen molar-refractivity contribution in [2.45, 2.75) is 13.0 Å². The number of esters is 2. The number of aromatic nitrogens is 1. The standard InChI is InChI=1S/C33H25N3O7S/c1-4-16-35-23-10-7-6-9-22(23)26(29(35)37)28-30(38)36-27(25(32(40)42-17-5-2)19(3)34-33(36)44-28)20-12-14-21(15-13-20)43-31(39)24-11-8-18-41-24/h4-15,18,27H,1-2,16-17H2,3H3/b28-26-/t27-/m0/s1. The Labute approximate surface area is 254 Å². The molecule has 4 aromatic rings. The molecular formula is C33H25N3O7S. The number of ether oxygens (including phenoxy) is 2. The van der Waals surface area contributed by atoms with E-state index in [2.05, 4.69) is 18.2 Å². The maximum absolute atomic E-state index is 14.3. The molecule has 44 heavy (non-hydrogen) atoms. The lowest BCUT2D eigenvalue weighted by Crippen LogP contribution is -2.41. The summed E-state index contributed by atoms with van der Waals surface area (Å²) >= 11 is 1.08. The summed E-state index contributed by atoms with van der Waals surface area (Å²) in [5.41, 5.74) is 2.15. The number of furan rings is 1. The van der Waals surface area contributed by atoms with Crippen LogP contribution in [-0.2, 0) is 14.3 Å². The Kier molecular flexibility index (Phi) is 7.54. The highest BCUT2D eigenvalue weighted by atomic mass is 32.1. The molecule has 2 aromatic carbocycles. The highest BCUT2D eigenvalue weighted by Gasteiger charge is 2.37. The Morgan fingerprint density at radius 2 is 1.80 bits per heavy atom. The van der Waals surface area contributed by atoms with Gasteiger partial charge in [0.15, 0.2) is 4.80 Å². The number of hydrogen-bond donors (Lipinski definition) is 0. The van der Waals surface area contributed by atoms with Crippen LogP contribution in [0.4, 0.5) is 5.69 Å². The summed E-state index contributed by atoms with van der Waals surface area (Å²) in [7, 11) is 0. The van der Waals surface area contributed by atoms with E-state index in [1.54, 1.807) is 54.3 Å². The van der Waals surface area contributed by atoms with Crippen molar-refractivity contribution in [3.05, 3.63) is 140 Å². The van der Waals surface area contributed by atoms with Crippen LogP contribution in [0, 0.1) is 0 Å². The number of benzene rings is 2. The number of carbonyl (C=O) groups is 3. The number of anilines is 1. The van der Waals surface area contributed by atoms with E-state index in [9.17, 15) is 19.2 Å². The number of carbonyl (C=O) groups excluding carboxylic acids is 3. The van der Waals surface area contributed by atoms with Crippen molar-refractivity contribution >= 4 is 40.4 Å². The van der Waals surface area contributed by atoms with Gasteiger partial charge in [0.05, 0.1) is 34.8 Å². The number of fused-ring (bicyclic) bond motifs is 2. The first-order valence-corrected chi connectivity index (χ1v) is 14.4. The summed E-state index contributed by atoms with van der Waals surface area (Å²) in [6, 6.07) is 15.8. The molecule has 2 aromatic heterocycles. The molecule has 2 aliphatic heterocycles. The third-order valence-electron chi connectivity index (χ3n) is 7.14. The second-order valence-electron chi connectivity index (χ2n) is 9.82. The zero-order valence-corrected chi connectivity index (χ0v) is 24.3. The lowest BCUT2D eigenvalue weighted by molar-refractivity contribution is -0.138. The highest BCUT2D eigenvalue weighted by Crippen LogP contribution is 2.36. The predicted octanol–water partition coefficient (Wildman–Crippen LogP) is 3.68. The molecule has 0 radical (unpaired) electrons. The molecule has 0 spiro atoms. The van der Waals surface area contributed by atoms with Gasteiger partial charge in [-0.3, -0.25) is 14.2 Å². The second-order valence-corrected chi connectivity index (χ2v) is 10.8. The summed E-state index contributed by atoms with van der Waals surface area (Å²) < 4.78 is 17.5. The molecule has 0 saturated heterocycles. The zero-order chi connectivity index (χ0) is 31.0. The SMILES string of the molecule is C=CCOC(=O)C1=C(C)N=c2s/c(=C3\C(=O)N(CC=C)c4ccccc43)c(=O)n2[C@H]1c1ccc(OC(=O)c2ccco2)cc1. The Bertz CT molecular complexity index is 2050. The number of hydrogen-bond acceptors (Lipinski definition) is 9. The monoisotopic (exact) mass is 607 g/mol. The van der Waals surface area contributed by atoms with Crippen LogP contribution in [0.15, 0.2) is 118 Å². The van der Waals surface area contributed by atoms with Gasteiger partial charge in [0.25, 0.3) is 11.5 Å². The van der Waals surface area contributed by atoms with Crippen molar-refractivity contribution in [1.29, 1.82) is 0 Å². The average molecular weight is 608 g/mol. The summed E-state index contributed by atoms with van der Waals surface area (Å²) in [6.45, 7) is 9.27. The molecule has 6 rings (SSSR count). The van der Waals surface area contributed by atoms with Crippen LogP contribution in [0.25, 0.3) is 5.57 Å². The van der Waals surface area contributed by atoms with E-state index in [4.69, 9.17) is 13.9 Å². The van der Waals surface area contributed by atoms with E-state index in [0.29, 0.717) is 27.3 Å². The molecule has 10 nitrogen and oxygen atoms in total. The topological polar surface area (TPSA) is 120 Å². The molecule has 0 saturated carbocycles. The summed E-state index contributed by atoms with van der Waals surface area (Å²) in [6.07, 6.45) is 4.44. The van der Waals surface area contributed by atoms with Crippen molar-refractivity contribution < 1.29 is 28.3 Å². The molecule has 2 aliphatic rings. The van der Waals surface area contributed by atoms with Gasteiger partial charge in [0.1, 0.15) is 16.9 Å². The Morgan fingerprint density at radius 3 is 2.50 bits per heavy atom. The average Bonchev–Trinajstić information content (AvgIpc) is 3.74. The minimum absolute atomic E-state index is 0.0387. The third kappa shape index (κ3) is 4.82. The van der Waals surface area contributed by atoms with E-state index in [-0.39, 0.29) is 46.2 Å². The van der Waals surface area contributed by atoms with E-state index < -0.39 is 23.5 Å². The van der Waals surface area contributed by atoms with Gasteiger partial charge in [0, 0.05) is 12.1 Å². The second kappa shape index (κ2) is 11.6. The van der Waals surface area contributed by atoms with Crippen LogP contribution in [0.3, 0.4) is 0 Å². The van der Waals surface area contributed by atoms with E-state index in [1.165, 1.54) is 23.0 Å². The quantitative estimate of drug-likeness (QED) is 0.170. The molecule has 4 heterocycles. The number of thiazole rings is 1. The van der Waals surface area contributed by atoms with Gasteiger partial charge in [-0.2, -0.15) is 0 Å². The maximum Gasteiger partial charge on any atom is 0.379 e. The predicted molar refractivity (Wildman–Crippen MR) is 163 cm³/mol. The summed E-state index contributed by atoms with van der Waals surface area (Å²) in [5.74, 6) is -1.38. The Balaban J connectivity index is 1.50. The summed E-state index contributed by atoms with van der Waals surface area (Å²) in [4.78, 5) is 60.2. The van der Waals surface area contributed by atoms with Crippen molar-refractivity contribution in [1.82, 2.24) is 4.57 Å². The molecule has 0 fully saturated rings. The molecule has 0 aliphatic carbocycles. The van der Waals surface area contributed by atoms with Crippen LogP contribution < -0.4 is 24.5 Å². The van der Waals surface area contributed by atoms with E-state index >= 15 is 0 Å². The van der Waals surface area contributed by atoms with E-state index in [0.717, 1.165) is 11.3 Å². The fourth-order valence-corrected chi connectivity index (χ4v) is 6.38. The minimum atomic E-state index is -0.941. The fraction of sp³-hybridized carbons (Fsp3) is 0.121. The van der Waals surface area contributed by atoms with Crippen LogP contribution in [0.5, 0.6) is 5.75 Å². The lowest BCUT2D eigenvalue weighted by Gasteiger charge is -2.24. The van der Waals surface area contributed by atoms with Crippen molar-refractivity contribution in [2.75, 3.05) is 18.1 Å². The molecule has 0 N–H and O–H groups in total. The number of allylic oxidation sites excluding steroid dienone is 1. The molecule has 220 valence electrons. The Hall–Kier alpha value is -5.55. The Morgan fingerprint density at radius 1 is 1.02 bits per heavy atom. The number of amides is 1. The largest absolute Gasteiger partial charge is 0.458 e.